The van der Waals surface area contributed by atoms with Crippen molar-refractivity contribution in [3.05, 3.63) is 48.0 Å². The highest BCUT2D eigenvalue weighted by Crippen LogP contribution is 2.31. The number of hydrogen-bond acceptors (Lipinski definition) is 7. The summed E-state index contributed by atoms with van der Waals surface area (Å²) in [6, 6.07) is 12.6. The highest BCUT2D eigenvalue weighted by molar-refractivity contribution is 7.92. The third-order valence-corrected chi connectivity index (χ3v) is 9.50. The fraction of sp³-hybridized carbons (Fsp3) is 0.581. The Labute approximate surface area is 238 Å². The second-order valence-electron chi connectivity index (χ2n) is 11.7. The fourth-order valence-electron chi connectivity index (χ4n) is 5.34. The number of unbranched alkanes of at least 4 members (excludes halogenated alkanes) is 1. The molecule has 8 nitrogen and oxygen atoms in total. The summed E-state index contributed by atoms with van der Waals surface area (Å²) in [6.45, 7) is 8.55. The van der Waals surface area contributed by atoms with E-state index in [1.165, 1.54) is 6.92 Å². The zero-order valence-corrected chi connectivity index (χ0v) is 25.1. The van der Waals surface area contributed by atoms with E-state index in [-0.39, 0.29) is 6.42 Å². The number of carbonyl (C=O) groups is 3. The van der Waals surface area contributed by atoms with Gasteiger partial charge in [-0.25, -0.2) is 13.2 Å². The monoisotopic (exact) mass is 573 g/mol. The van der Waals surface area contributed by atoms with Gasteiger partial charge in [-0.3, -0.25) is 9.59 Å². The van der Waals surface area contributed by atoms with E-state index in [1.54, 1.807) is 20.8 Å². The third kappa shape index (κ3) is 8.78. The van der Waals surface area contributed by atoms with Crippen LogP contribution in [0.2, 0.25) is 0 Å². The van der Waals surface area contributed by atoms with Gasteiger partial charge in [-0.05, 0) is 69.2 Å². The number of nitrogens with one attached hydrogen (secondary N) is 1. The summed E-state index contributed by atoms with van der Waals surface area (Å²) in [5, 5.41) is 3.90. The molecule has 0 aliphatic heterocycles. The van der Waals surface area contributed by atoms with E-state index >= 15 is 0 Å². The summed E-state index contributed by atoms with van der Waals surface area (Å²) in [7, 11) is -3.83. The molecule has 2 aromatic rings. The number of carbonyl (C=O) groups excluding carboxylic acids is 3. The Morgan fingerprint density at radius 3 is 2.42 bits per heavy atom. The topological polar surface area (TPSA) is 116 Å². The minimum atomic E-state index is -3.83. The molecule has 0 radical (unpaired) electrons. The van der Waals surface area contributed by atoms with Gasteiger partial charge >= 0.3 is 11.9 Å². The van der Waals surface area contributed by atoms with Crippen molar-refractivity contribution < 1.29 is 32.3 Å². The summed E-state index contributed by atoms with van der Waals surface area (Å²) >= 11 is 0. The summed E-state index contributed by atoms with van der Waals surface area (Å²) in [5.74, 6) is -2.94. The molecule has 9 heteroatoms. The van der Waals surface area contributed by atoms with Crippen molar-refractivity contribution in [2.75, 3.05) is 5.75 Å². The van der Waals surface area contributed by atoms with Crippen molar-refractivity contribution in [1.29, 1.82) is 0 Å². The van der Waals surface area contributed by atoms with Crippen LogP contribution >= 0.6 is 0 Å². The van der Waals surface area contributed by atoms with Gasteiger partial charge < -0.3 is 14.8 Å². The van der Waals surface area contributed by atoms with Gasteiger partial charge in [-0.15, -0.1) is 0 Å². The first-order chi connectivity index (χ1) is 18.8. The lowest BCUT2D eigenvalue weighted by molar-refractivity contribution is -0.159. The lowest BCUT2D eigenvalue weighted by Crippen LogP contribution is -2.48. The first-order valence-corrected chi connectivity index (χ1v) is 15.9. The second-order valence-corrected chi connectivity index (χ2v) is 14.0. The normalized spacial score (nSPS) is 19.1. The minimum Gasteiger partial charge on any atom is -0.461 e. The van der Waals surface area contributed by atoms with E-state index in [2.05, 4.69) is 5.32 Å². The maximum atomic E-state index is 13.8. The molecule has 1 amide bonds. The van der Waals surface area contributed by atoms with Crippen LogP contribution in [-0.2, 0) is 40.1 Å². The van der Waals surface area contributed by atoms with E-state index in [0.717, 1.165) is 22.8 Å². The van der Waals surface area contributed by atoms with Gasteiger partial charge in [0.25, 0.3) is 0 Å². The first-order valence-electron chi connectivity index (χ1n) is 14.2. The molecule has 0 spiro atoms. The molecule has 40 heavy (non-hydrogen) atoms. The SMILES string of the molecule is CCCC[C@H](NC(=O)[C@H](Cc1cccc2ccccc12)CS(=O)(=O)C1CCCC1OC(C)=O)C(=O)OC(C)(C)C. The van der Waals surface area contributed by atoms with Crippen LogP contribution in [-0.4, -0.2) is 55.0 Å². The Balaban J connectivity index is 1.93. The second kappa shape index (κ2) is 13.6. The Hall–Kier alpha value is -2.94. The number of fused-ring (bicyclic) bond motifs is 1. The predicted molar refractivity (Wildman–Crippen MR) is 155 cm³/mol. The molecule has 1 fully saturated rings. The average molecular weight is 574 g/mol. The van der Waals surface area contributed by atoms with Gasteiger partial charge in [-0.1, -0.05) is 62.2 Å². The van der Waals surface area contributed by atoms with Crippen molar-refractivity contribution in [3.63, 3.8) is 0 Å². The van der Waals surface area contributed by atoms with E-state index in [9.17, 15) is 22.8 Å². The minimum absolute atomic E-state index is 0.173. The summed E-state index contributed by atoms with van der Waals surface area (Å²) in [6.07, 6.45) is 2.84. The van der Waals surface area contributed by atoms with Crippen LogP contribution in [0.1, 0.15) is 78.7 Å². The maximum Gasteiger partial charge on any atom is 0.329 e. The highest BCUT2D eigenvalue weighted by atomic mass is 32.2. The van der Waals surface area contributed by atoms with Gasteiger partial charge in [-0.2, -0.15) is 0 Å². The molecular formula is C31H43NO7S. The summed E-state index contributed by atoms with van der Waals surface area (Å²) in [5.41, 5.74) is 0.116. The number of benzene rings is 2. The third-order valence-electron chi connectivity index (χ3n) is 7.18. The number of rotatable bonds is 12. The number of ether oxygens (including phenoxy) is 2. The Morgan fingerprint density at radius 1 is 1.05 bits per heavy atom. The smallest absolute Gasteiger partial charge is 0.329 e. The van der Waals surface area contributed by atoms with Gasteiger partial charge in [0.2, 0.25) is 5.91 Å². The lowest BCUT2D eigenvalue weighted by Gasteiger charge is -2.27. The largest absolute Gasteiger partial charge is 0.461 e. The quantitative estimate of drug-likeness (QED) is 0.359. The Bertz CT molecular complexity index is 1290. The molecule has 0 bridgehead atoms. The van der Waals surface area contributed by atoms with Crippen LogP contribution in [0.5, 0.6) is 0 Å². The highest BCUT2D eigenvalue weighted by Gasteiger charge is 2.42. The first kappa shape index (κ1) is 31.6. The number of hydrogen-bond donors (Lipinski definition) is 1. The molecule has 1 aliphatic rings. The van der Waals surface area contributed by atoms with Crippen LogP contribution in [0.3, 0.4) is 0 Å². The van der Waals surface area contributed by atoms with Crippen LogP contribution in [0.4, 0.5) is 0 Å². The molecule has 0 saturated heterocycles. The molecular weight excluding hydrogens is 530 g/mol. The standard InChI is InChI=1S/C31H43NO7S/c1-6-7-16-26(30(35)39-31(3,4)5)32-29(34)24(19-23-14-10-13-22-12-8-9-15-25(22)23)20-40(36,37)28-18-11-17-27(28)38-21(2)33/h8-10,12-15,24,26-28H,6-7,11,16-20H2,1-5H3,(H,32,34)/t24-,26+,27?,28?/m1/s1. The van der Waals surface area contributed by atoms with Crippen molar-refractivity contribution in [2.24, 2.45) is 5.92 Å². The maximum absolute atomic E-state index is 13.8. The number of sulfone groups is 1. The van der Waals surface area contributed by atoms with E-state index < -0.39 is 62.4 Å². The molecule has 1 saturated carbocycles. The molecule has 220 valence electrons. The van der Waals surface area contributed by atoms with Crippen molar-refractivity contribution in [3.8, 4) is 0 Å². The Morgan fingerprint density at radius 2 is 1.75 bits per heavy atom. The van der Waals surface area contributed by atoms with Crippen LogP contribution in [0.25, 0.3) is 10.8 Å². The number of esters is 2. The van der Waals surface area contributed by atoms with E-state index in [1.807, 2.05) is 49.4 Å². The Kier molecular flexibility index (Phi) is 10.8. The van der Waals surface area contributed by atoms with E-state index in [4.69, 9.17) is 9.47 Å². The fourth-order valence-corrected chi connectivity index (χ4v) is 7.59. The molecule has 0 aromatic heterocycles. The predicted octanol–water partition coefficient (Wildman–Crippen LogP) is 4.91. The van der Waals surface area contributed by atoms with Gasteiger partial charge in [0, 0.05) is 6.92 Å². The van der Waals surface area contributed by atoms with Gasteiger partial charge in [0.05, 0.1) is 16.9 Å². The number of amides is 1. The lowest BCUT2D eigenvalue weighted by atomic mass is 9.95. The molecule has 2 aromatic carbocycles. The summed E-state index contributed by atoms with van der Waals surface area (Å²) < 4.78 is 38.3. The van der Waals surface area contributed by atoms with Crippen LogP contribution < -0.4 is 5.32 Å². The summed E-state index contributed by atoms with van der Waals surface area (Å²) in [4.78, 5) is 38.4. The molecule has 0 heterocycles. The zero-order chi connectivity index (χ0) is 29.5. The van der Waals surface area contributed by atoms with Crippen LogP contribution in [0.15, 0.2) is 42.5 Å². The van der Waals surface area contributed by atoms with Crippen molar-refractivity contribution in [1.82, 2.24) is 5.32 Å². The molecule has 2 unspecified atom stereocenters. The van der Waals surface area contributed by atoms with Crippen LogP contribution in [0, 0.1) is 5.92 Å². The molecule has 4 atom stereocenters. The zero-order valence-electron chi connectivity index (χ0n) is 24.3. The van der Waals surface area contributed by atoms with Crippen molar-refractivity contribution in [2.45, 2.75) is 103 Å². The molecule has 1 aliphatic carbocycles. The van der Waals surface area contributed by atoms with Gasteiger partial charge in [0.15, 0.2) is 9.84 Å². The molecule has 1 N–H and O–H groups in total. The van der Waals surface area contributed by atoms with E-state index in [0.29, 0.717) is 32.1 Å². The molecule has 3 rings (SSSR count). The van der Waals surface area contributed by atoms with Gasteiger partial charge in [0.1, 0.15) is 17.7 Å². The average Bonchev–Trinajstić information content (AvgIpc) is 3.33. The van der Waals surface area contributed by atoms with Crippen molar-refractivity contribution >= 4 is 38.5 Å².